The molecule has 214 valence electrons. The van der Waals surface area contributed by atoms with Gasteiger partial charge in [0.25, 0.3) is 0 Å². The lowest BCUT2D eigenvalue weighted by Crippen LogP contribution is -2.83. The fourth-order valence-electron chi connectivity index (χ4n) is 11.3. The molecule has 7 rings (SSSR count). The van der Waals surface area contributed by atoms with Crippen LogP contribution >= 0.6 is 0 Å². The van der Waals surface area contributed by atoms with Crippen LogP contribution in [0.3, 0.4) is 0 Å². The van der Waals surface area contributed by atoms with Crippen LogP contribution in [0.1, 0.15) is 49.4 Å². The second-order valence-electron chi connectivity index (χ2n) is 13.0. The zero-order valence-corrected chi connectivity index (χ0v) is 23.3. The maximum absolute atomic E-state index is 13.7. The number of nitrogens with zero attached hydrogens (tertiary/aromatic N) is 1. The van der Waals surface area contributed by atoms with Gasteiger partial charge >= 0.3 is 5.97 Å². The summed E-state index contributed by atoms with van der Waals surface area (Å²) >= 11 is 0. The Bertz CT molecular complexity index is 1180. The Hall–Kier alpha value is -1.75. The van der Waals surface area contributed by atoms with Crippen LogP contribution in [0, 0.1) is 29.1 Å². The molecule has 9 heteroatoms. The number of rotatable bonds is 6. The number of carbonyl (C=O) groups is 1. The van der Waals surface area contributed by atoms with Crippen molar-refractivity contribution < 1.29 is 34.0 Å². The van der Waals surface area contributed by atoms with Gasteiger partial charge in [0.1, 0.15) is 16.8 Å². The average molecular weight is 543 g/mol. The lowest BCUT2D eigenvalue weighted by molar-refractivity contribution is -0.337. The van der Waals surface area contributed by atoms with Crippen molar-refractivity contribution in [2.45, 2.75) is 80.2 Å². The Morgan fingerprint density at radius 1 is 1.10 bits per heavy atom. The molecule has 39 heavy (non-hydrogen) atoms. The number of aliphatic hydroxyl groups is 2. The first kappa shape index (κ1) is 26.2. The number of para-hydroxylation sites is 1. The fraction of sp³-hybridized carbons (Fsp3) is 0.767. The molecule has 1 saturated heterocycles. The van der Waals surface area contributed by atoms with Crippen molar-refractivity contribution in [2.75, 3.05) is 40.2 Å². The van der Waals surface area contributed by atoms with Gasteiger partial charge < -0.3 is 34.9 Å². The summed E-state index contributed by atoms with van der Waals surface area (Å²) < 4.78 is 24.9. The van der Waals surface area contributed by atoms with Crippen LogP contribution in [0.5, 0.6) is 0 Å². The van der Waals surface area contributed by atoms with Gasteiger partial charge in [0, 0.05) is 75.1 Å². The van der Waals surface area contributed by atoms with Crippen LogP contribution in [0.25, 0.3) is 0 Å². The Labute approximate surface area is 229 Å². The number of nitrogen functional groups attached to an aromatic ring is 1. The predicted octanol–water partition coefficient (Wildman–Crippen LogP) is 1.85. The van der Waals surface area contributed by atoms with E-state index in [0.717, 1.165) is 6.54 Å². The van der Waals surface area contributed by atoms with Crippen LogP contribution in [0.15, 0.2) is 24.3 Å². The molecule has 1 spiro atoms. The van der Waals surface area contributed by atoms with E-state index < -0.39 is 34.3 Å². The van der Waals surface area contributed by atoms with Crippen molar-refractivity contribution >= 4 is 11.7 Å². The Morgan fingerprint density at radius 2 is 1.87 bits per heavy atom. The largest absolute Gasteiger partial charge is 0.454 e. The molecular formula is C30H42N2O7. The molecular weight excluding hydrogens is 500 g/mol. The van der Waals surface area contributed by atoms with Gasteiger partial charge in [-0.2, -0.15) is 0 Å². The number of hydrogen-bond acceptors (Lipinski definition) is 9. The van der Waals surface area contributed by atoms with Gasteiger partial charge in [0.05, 0.1) is 23.9 Å². The van der Waals surface area contributed by atoms with E-state index >= 15 is 0 Å². The minimum absolute atomic E-state index is 0.00601. The van der Waals surface area contributed by atoms with Crippen molar-refractivity contribution in [3.8, 4) is 0 Å². The highest BCUT2D eigenvalue weighted by Gasteiger charge is 2.89. The van der Waals surface area contributed by atoms with E-state index in [1.165, 1.54) is 0 Å². The number of ether oxygens (including phenoxy) is 4. The summed E-state index contributed by atoms with van der Waals surface area (Å²) in [6, 6.07) is 7.04. The number of benzene rings is 1. The molecule has 7 bridgehead atoms. The van der Waals surface area contributed by atoms with E-state index in [-0.39, 0.29) is 41.9 Å². The lowest BCUT2D eigenvalue weighted by atomic mass is 9.44. The predicted molar refractivity (Wildman–Crippen MR) is 142 cm³/mol. The van der Waals surface area contributed by atoms with E-state index in [4.69, 9.17) is 24.7 Å². The number of carbonyl (C=O) groups excluding carboxylic acids is 1. The highest BCUT2D eigenvalue weighted by atomic mass is 16.6. The summed E-state index contributed by atoms with van der Waals surface area (Å²) in [5.41, 5.74) is 2.84. The van der Waals surface area contributed by atoms with Gasteiger partial charge in [-0.25, -0.2) is 4.79 Å². The molecule has 1 unspecified atom stereocenters. The number of anilines is 1. The Morgan fingerprint density at radius 3 is 2.54 bits per heavy atom. The molecule has 5 saturated carbocycles. The summed E-state index contributed by atoms with van der Waals surface area (Å²) in [6.45, 7) is 3.47. The number of likely N-dealkylation sites (tertiary alicyclic amines) is 1. The standard InChI is InChI=1S/C30H42N2O7/c1-5-32-15-27(39-26(33)16-8-6-7-9-19(16)31)11-10-23(37-3)29-21(27)13-18(24(29)32)28(34)14-20(36-2)17-12-22(29)30(28,35)25(17)38-4/h6-9,17-18,20-25,34-35H,5,10-15,31H2,1-4H3/t17-,18+,20+,21-,22+,23+,24?,25+,27-,28+,29+,30+/m1/s1. The highest BCUT2D eigenvalue weighted by molar-refractivity contribution is 5.95. The fourth-order valence-corrected chi connectivity index (χ4v) is 11.3. The number of fused-ring (bicyclic) bond motifs is 2. The summed E-state index contributed by atoms with van der Waals surface area (Å²) in [7, 11) is 5.09. The maximum atomic E-state index is 13.7. The molecule has 1 aromatic carbocycles. The van der Waals surface area contributed by atoms with Crippen molar-refractivity contribution in [3.63, 3.8) is 0 Å². The molecule has 0 radical (unpaired) electrons. The summed E-state index contributed by atoms with van der Waals surface area (Å²) in [4.78, 5) is 16.1. The number of esters is 1. The zero-order valence-electron chi connectivity index (χ0n) is 23.3. The normalized spacial score (nSPS) is 51.1. The first-order valence-corrected chi connectivity index (χ1v) is 14.5. The second kappa shape index (κ2) is 8.39. The molecule has 0 amide bonds. The van der Waals surface area contributed by atoms with Gasteiger partial charge in [0.15, 0.2) is 0 Å². The molecule has 1 aliphatic heterocycles. The van der Waals surface area contributed by atoms with Crippen LogP contribution in [-0.4, -0.2) is 96.7 Å². The first-order valence-electron chi connectivity index (χ1n) is 14.5. The number of piperidine rings is 1. The number of likely N-dealkylation sites (N-methyl/N-ethyl adjacent to an activating group) is 1. The third kappa shape index (κ3) is 2.80. The summed E-state index contributed by atoms with van der Waals surface area (Å²) in [5.74, 6) is -1.06. The van der Waals surface area contributed by atoms with E-state index in [9.17, 15) is 15.0 Å². The van der Waals surface area contributed by atoms with Crippen LogP contribution in [-0.2, 0) is 18.9 Å². The van der Waals surface area contributed by atoms with Crippen molar-refractivity contribution in [1.82, 2.24) is 4.90 Å². The maximum Gasteiger partial charge on any atom is 0.340 e. The highest BCUT2D eigenvalue weighted by Crippen LogP contribution is 2.79. The molecule has 0 aromatic heterocycles. The molecule has 9 nitrogen and oxygen atoms in total. The number of nitrogens with two attached hydrogens (primary N) is 1. The third-order valence-corrected chi connectivity index (χ3v) is 12.4. The van der Waals surface area contributed by atoms with Crippen LogP contribution in [0.2, 0.25) is 0 Å². The number of hydrogen-bond donors (Lipinski definition) is 3. The molecule has 6 aliphatic rings. The third-order valence-electron chi connectivity index (χ3n) is 12.4. The monoisotopic (exact) mass is 542 g/mol. The van der Waals surface area contributed by atoms with Gasteiger partial charge in [-0.3, -0.25) is 4.90 Å². The molecule has 1 aromatic rings. The Balaban J connectivity index is 1.42. The molecule has 4 N–H and O–H groups in total. The van der Waals surface area contributed by atoms with Crippen molar-refractivity contribution in [2.24, 2.45) is 29.1 Å². The minimum atomic E-state index is -1.44. The molecule has 12 atom stereocenters. The van der Waals surface area contributed by atoms with E-state index in [1.54, 1.807) is 39.5 Å². The molecule has 1 heterocycles. The van der Waals surface area contributed by atoms with Gasteiger partial charge in [-0.1, -0.05) is 19.1 Å². The zero-order chi connectivity index (χ0) is 27.5. The topological polar surface area (TPSA) is 124 Å². The first-order chi connectivity index (χ1) is 18.7. The van der Waals surface area contributed by atoms with Crippen molar-refractivity contribution in [1.29, 1.82) is 0 Å². The second-order valence-corrected chi connectivity index (χ2v) is 13.0. The van der Waals surface area contributed by atoms with E-state index in [1.807, 2.05) is 6.07 Å². The van der Waals surface area contributed by atoms with Crippen molar-refractivity contribution in [3.05, 3.63) is 29.8 Å². The smallest absolute Gasteiger partial charge is 0.340 e. The van der Waals surface area contributed by atoms with Crippen LogP contribution < -0.4 is 5.73 Å². The van der Waals surface area contributed by atoms with E-state index in [2.05, 4.69) is 11.8 Å². The van der Waals surface area contributed by atoms with E-state index in [0.29, 0.717) is 49.9 Å². The van der Waals surface area contributed by atoms with Crippen LogP contribution in [0.4, 0.5) is 5.69 Å². The average Bonchev–Trinajstić information content (AvgIpc) is 3.35. The Kier molecular flexibility index (Phi) is 5.63. The quantitative estimate of drug-likeness (QED) is 0.365. The van der Waals surface area contributed by atoms with Gasteiger partial charge in [-0.15, -0.1) is 0 Å². The summed E-state index contributed by atoms with van der Waals surface area (Å²) in [5, 5.41) is 25.6. The SMILES string of the molecule is CCN1C[C@]2(OC(=O)c3ccccc3N)CC[C@H](OC)[C@]34C1[C@H](C[C@H]23)[C@@]1(O)C[C@H](OC)[C@H]2C[C@@H]4[C@]1(O)[C@H]2OC. The molecule has 6 fully saturated rings. The summed E-state index contributed by atoms with van der Waals surface area (Å²) in [6.07, 6.45) is 2.17. The van der Waals surface area contributed by atoms with Gasteiger partial charge in [-0.05, 0) is 44.4 Å². The lowest BCUT2D eigenvalue weighted by Gasteiger charge is -2.70. The molecule has 5 aliphatic carbocycles. The van der Waals surface area contributed by atoms with Gasteiger partial charge in [0.2, 0.25) is 0 Å². The number of methoxy groups -OCH3 is 3. The minimum Gasteiger partial charge on any atom is -0.454 e.